The molecule has 0 unspecified atom stereocenters. The zero-order valence-electron chi connectivity index (χ0n) is 7.37. The predicted molar refractivity (Wildman–Crippen MR) is 38.7 cm³/mol. The zero-order chi connectivity index (χ0) is 10.0. The van der Waals surface area contributed by atoms with E-state index in [1.165, 1.54) is 13.0 Å². The van der Waals surface area contributed by atoms with Crippen molar-refractivity contribution < 1.29 is 52.5 Å². The number of rotatable bonds is 2. The second-order valence-electron chi connectivity index (χ2n) is 2.52. The van der Waals surface area contributed by atoms with Crippen LogP contribution in [0.15, 0.2) is 12.1 Å². The number of hydrogen-bond donors (Lipinski definition) is 0. The molecule has 0 aliphatic heterocycles. The number of aryl methyl sites for hydroxylation is 1. The number of carbonyl (C=O) groups excluding carboxylic acids is 2. The summed E-state index contributed by atoms with van der Waals surface area (Å²) in [5, 5.41) is 20.7. The third kappa shape index (κ3) is 2.89. The number of carbonyl (C=O) groups is 2. The van der Waals surface area contributed by atoms with Gasteiger partial charge in [-0.3, -0.25) is 0 Å². The van der Waals surface area contributed by atoms with Gasteiger partial charge in [0.2, 0.25) is 0 Å². The van der Waals surface area contributed by atoms with Crippen molar-refractivity contribution >= 4 is 11.9 Å². The van der Waals surface area contributed by atoms with E-state index in [0.29, 0.717) is 5.56 Å². The van der Waals surface area contributed by atoms with Crippen LogP contribution in [0.1, 0.15) is 26.3 Å². The Labute approximate surface area is 106 Å². The molecule has 5 heteroatoms. The smallest absolute Gasteiger partial charge is 0.0296 e. The second-order valence-corrected chi connectivity index (χ2v) is 2.52. The van der Waals surface area contributed by atoms with Crippen LogP contribution in [-0.4, -0.2) is 11.9 Å². The molecule has 14 heavy (non-hydrogen) atoms. The van der Waals surface area contributed by atoms with Crippen LogP contribution in [0.4, 0.5) is 0 Å². The zero-order valence-corrected chi connectivity index (χ0v) is 10.2. The maximum atomic E-state index is 10.4. The third-order valence-corrected chi connectivity index (χ3v) is 1.60. The number of carboxylic acids is 2. The van der Waals surface area contributed by atoms with Gasteiger partial charge in [-0.1, -0.05) is 12.5 Å². The Kier molecular flexibility index (Phi) is 4.95. The van der Waals surface area contributed by atoms with Crippen molar-refractivity contribution in [1.29, 1.82) is 0 Å². The van der Waals surface area contributed by atoms with Gasteiger partial charge in [0, 0.05) is 38.7 Å². The molecule has 1 aromatic rings. The summed E-state index contributed by atoms with van der Waals surface area (Å²) in [5.41, 5.74) is 0.0884. The van der Waals surface area contributed by atoms with E-state index in [9.17, 15) is 19.8 Å². The molecule has 71 valence electrons. The molecule has 0 aromatic heterocycles. The van der Waals surface area contributed by atoms with Gasteiger partial charge in [-0.15, -0.1) is 29.3 Å². The minimum Gasteiger partial charge on any atom is -0.603 e. The molecule has 1 radical (unpaired) electrons. The molecular weight excluding hydrogens is 261 g/mol. The summed E-state index contributed by atoms with van der Waals surface area (Å²) in [6.07, 6.45) is 0. The van der Waals surface area contributed by atoms with Crippen LogP contribution >= 0.6 is 0 Å². The fourth-order valence-corrected chi connectivity index (χ4v) is 0.937. The quantitative estimate of drug-likeness (QED) is 0.611. The molecular formula is C9H5O4Y-3. The van der Waals surface area contributed by atoms with Crippen molar-refractivity contribution in [1.82, 2.24) is 0 Å². The maximum absolute atomic E-state index is 10.4. The van der Waals surface area contributed by atoms with E-state index >= 15 is 0 Å². The fraction of sp³-hybridized carbons (Fsp3) is 0.111. The fourth-order valence-electron chi connectivity index (χ4n) is 0.937. The average Bonchev–Trinajstić information content (AvgIpc) is 2.03. The van der Waals surface area contributed by atoms with Gasteiger partial charge in [0.25, 0.3) is 0 Å². The number of aromatic carboxylic acids is 2. The van der Waals surface area contributed by atoms with Gasteiger partial charge in [0.15, 0.2) is 0 Å². The molecule has 0 saturated carbocycles. The summed E-state index contributed by atoms with van der Waals surface area (Å²) >= 11 is 0. The molecule has 4 nitrogen and oxygen atoms in total. The summed E-state index contributed by atoms with van der Waals surface area (Å²) in [4.78, 5) is 20.7. The summed E-state index contributed by atoms with van der Waals surface area (Å²) in [6.45, 7) is 1.48. The molecule has 0 aliphatic carbocycles. The van der Waals surface area contributed by atoms with Crippen LogP contribution in [0.5, 0.6) is 0 Å². The van der Waals surface area contributed by atoms with Crippen molar-refractivity contribution in [3.05, 3.63) is 34.9 Å². The Balaban J connectivity index is 0.00000169. The molecule has 0 atom stereocenters. The largest absolute Gasteiger partial charge is 0.603 e. The summed E-state index contributed by atoms with van der Waals surface area (Å²) < 4.78 is 0. The van der Waals surface area contributed by atoms with Gasteiger partial charge >= 0.3 is 0 Å². The Morgan fingerprint density at radius 2 is 1.86 bits per heavy atom. The van der Waals surface area contributed by atoms with E-state index in [1.807, 2.05) is 0 Å². The van der Waals surface area contributed by atoms with Crippen molar-refractivity contribution in [3.63, 3.8) is 0 Å². The van der Waals surface area contributed by atoms with Crippen LogP contribution in [0.2, 0.25) is 0 Å². The second kappa shape index (κ2) is 5.22. The third-order valence-electron chi connectivity index (χ3n) is 1.60. The first-order chi connectivity index (χ1) is 6.02. The average molecular weight is 266 g/mol. The number of benzene rings is 1. The minimum absolute atomic E-state index is 0. The molecule has 0 fully saturated rings. The summed E-state index contributed by atoms with van der Waals surface area (Å²) in [7, 11) is 0. The van der Waals surface area contributed by atoms with E-state index in [2.05, 4.69) is 6.07 Å². The van der Waals surface area contributed by atoms with E-state index in [4.69, 9.17) is 0 Å². The minimum atomic E-state index is -1.38. The summed E-state index contributed by atoms with van der Waals surface area (Å²) in [6, 6.07) is 4.52. The van der Waals surface area contributed by atoms with E-state index < -0.39 is 11.9 Å². The molecule has 1 rings (SSSR count). The Hall–Kier alpha value is -0.736. The standard InChI is InChI=1S/C9H7O4.Y/c1-5-4-6(8(10)11)2-3-7(5)9(12)13;/h3-4H,1H3,(H,10,11)(H,12,13);/q-1;/p-2. The van der Waals surface area contributed by atoms with Crippen LogP contribution < -0.4 is 10.2 Å². The topological polar surface area (TPSA) is 80.3 Å². The SMILES string of the molecule is Cc1cc(C(=O)[O-])[c-]cc1C(=O)[O-].[Y]. The van der Waals surface area contributed by atoms with Crippen molar-refractivity contribution in [2.24, 2.45) is 0 Å². The van der Waals surface area contributed by atoms with Crippen LogP contribution in [0.25, 0.3) is 0 Å². The van der Waals surface area contributed by atoms with Crippen LogP contribution in [-0.2, 0) is 32.7 Å². The van der Waals surface area contributed by atoms with E-state index in [0.717, 1.165) is 6.07 Å². The molecule has 0 N–H and O–H groups in total. The van der Waals surface area contributed by atoms with Gasteiger partial charge in [-0.25, -0.2) is 0 Å². The Bertz CT molecular complexity index is 373. The van der Waals surface area contributed by atoms with Gasteiger partial charge in [0.1, 0.15) is 0 Å². The first-order valence-electron chi connectivity index (χ1n) is 3.47. The molecule has 0 bridgehead atoms. The predicted octanol–water partition coefficient (Wildman–Crippen LogP) is -1.48. The molecule has 0 spiro atoms. The molecule has 0 aliphatic rings. The van der Waals surface area contributed by atoms with Crippen molar-refractivity contribution in [2.75, 3.05) is 0 Å². The Morgan fingerprint density at radius 1 is 1.29 bits per heavy atom. The maximum Gasteiger partial charge on any atom is 0.0296 e. The van der Waals surface area contributed by atoms with Gasteiger partial charge < -0.3 is 19.8 Å². The number of hydrogen-bond acceptors (Lipinski definition) is 4. The first kappa shape index (κ1) is 13.3. The first-order valence-corrected chi connectivity index (χ1v) is 3.47. The Morgan fingerprint density at radius 3 is 2.21 bits per heavy atom. The van der Waals surface area contributed by atoms with Crippen molar-refractivity contribution in [3.8, 4) is 0 Å². The normalized spacial score (nSPS) is 8.93. The van der Waals surface area contributed by atoms with Gasteiger partial charge in [-0.2, -0.15) is 0 Å². The number of carboxylic acid groups (broad SMARTS) is 2. The van der Waals surface area contributed by atoms with Gasteiger partial charge in [0.05, 0.1) is 0 Å². The van der Waals surface area contributed by atoms with E-state index in [-0.39, 0.29) is 43.8 Å². The van der Waals surface area contributed by atoms with Crippen LogP contribution in [0, 0.1) is 13.0 Å². The van der Waals surface area contributed by atoms with E-state index in [1.54, 1.807) is 0 Å². The monoisotopic (exact) mass is 266 g/mol. The van der Waals surface area contributed by atoms with Gasteiger partial charge in [-0.05, 0) is 5.97 Å². The molecule has 0 saturated heterocycles. The molecule has 0 heterocycles. The summed E-state index contributed by atoms with van der Waals surface area (Å²) in [5.74, 6) is -2.73. The molecule has 0 amide bonds. The molecule has 1 aromatic carbocycles. The van der Waals surface area contributed by atoms with Crippen LogP contribution in [0.3, 0.4) is 0 Å². The van der Waals surface area contributed by atoms with Crippen molar-refractivity contribution in [2.45, 2.75) is 6.92 Å².